The molecule has 1 N–H and O–H groups in total. The van der Waals surface area contributed by atoms with Crippen molar-refractivity contribution in [1.29, 1.82) is 0 Å². The molecular weight excluding hydrogens is 254 g/mol. The third kappa shape index (κ3) is 2.79. The van der Waals surface area contributed by atoms with Gasteiger partial charge in [0.15, 0.2) is 5.58 Å². The van der Waals surface area contributed by atoms with E-state index in [0.717, 1.165) is 28.2 Å². The van der Waals surface area contributed by atoms with Gasteiger partial charge in [0.2, 0.25) is 0 Å². The Balaban J connectivity index is 2.31. The Morgan fingerprint density at radius 2 is 2.29 bits per heavy atom. The molecule has 4 heteroatoms. The van der Waals surface area contributed by atoms with Gasteiger partial charge in [0.25, 0.3) is 0 Å². The zero-order chi connectivity index (χ0) is 12.3. The van der Waals surface area contributed by atoms with Crippen LogP contribution in [0, 0.1) is 0 Å². The molecule has 1 aromatic carbocycles. The highest BCUT2D eigenvalue weighted by Gasteiger charge is 2.15. The molecule has 2 nitrogen and oxygen atoms in total. The minimum atomic E-state index is 0.239. The van der Waals surface area contributed by atoms with E-state index >= 15 is 0 Å². The van der Waals surface area contributed by atoms with Gasteiger partial charge in [0.1, 0.15) is 5.76 Å². The van der Waals surface area contributed by atoms with Gasteiger partial charge in [-0.05, 0) is 24.9 Å². The zero-order valence-electron chi connectivity index (χ0n) is 10.00. The van der Waals surface area contributed by atoms with Gasteiger partial charge in [0, 0.05) is 11.1 Å². The Hall–Kier alpha value is -0.640. The average molecular weight is 270 g/mol. The van der Waals surface area contributed by atoms with E-state index in [1.54, 1.807) is 0 Å². The Bertz CT molecular complexity index is 497. The molecule has 0 bridgehead atoms. The Morgan fingerprint density at radius 3 is 2.94 bits per heavy atom. The fourth-order valence-electron chi connectivity index (χ4n) is 1.76. The van der Waals surface area contributed by atoms with Gasteiger partial charge < -0.3 is 9.73 Å². The van der Waals surface area contributed by atoms with E-state index in [2.05, 4.69) is 18.3 Å². The highest BCUT2D eigenvalue weighted by atomic mass is 35.5. The molecule has 1 unspecified atom stereocenters. The summed E-state index contributed by atoms with van der Waals surface area (Å²) in [5, 5.41) is 5.01. The van der Waals surface area contributed by atoms with Crippen LogP contribution in [0.15, 0.2) is 28.7 Å². The van der Waals surface area contributed by atoms with Crippen LogP contribution >= 0.6 is 23.4 Å². The van der Waals surface area contributed by atoms with Crippen LogP contribution in [0.1, 0.15) is 18.7 Å². The van der Waals surface area contributed by atoms with Crippen molar-refractivity contribution < 1.29 is 4.42 Å². The molecule has 0 aliphatic rings. The Labute approximate surface area is 111 Å². The normalized spacial score (nSPS) is 13.1. The fraction of sp³-hybridized carbons (Fsp3) is 0.385. The number of hydrogen-bond acceptors (Lipinski definition) is 3. The van der Waals surface area contributed by atoms with Crippen LogP contribution in [0.2, 0.25) is 5.02 Å². The second-order valence-corrected chi connectivity index (χ2v) is 5.53. The molecule has 0 fully saturated rings. The first-order valence-corrected chi connectivity index (χ1v) is 7.22. The van der Waals surface area contributed by atoms with E-state index < -0.39 is 0 Å². The van der Waals surface area contributed by atoms with Crippen molar-refractivity contribution >= 4 is 34.3 Å². The molecule has 0 spiro atoms. The largest absolute Gasteiger partial charge is 0.458 e. The average Bonchev–Trinajstić information content (AvgIpc) is 2.75. The van der Waals surface area contributed by atoms with Crippen molar-refractivity contribution in [1.82, 2.24) is 5.32 Å². The number of nitrogens with one attached hydrogen (secondary N) is 1. The molecule has 0 aliphatic carbocycles. The molecule has 2 aromatic rings. The summed E-state index contributed by atoms with van der Waals surface area (Å²) >= 11 is 8.00. The molecule has 0 saturated heterocycles. The van der Waals surface area contributed by atoms with E-state index in [1.165, 1.54) is 0 Å². The minimum Gasteiger partial charge on any atom is -0.458 e. The second kappa shape index (κ2) is 5.80. The molecule has 17 heavy (non-hydrogen) atoms. The van der Waals surface area contributed by atoms with Crippen LogP contribution in [0.5, 0.6) is 0 Å². The lowest BCUT2D eigenvalue weighted by Crippen LogP contribution is -2.18. The fourth-order valence-corrected chi connectivity index (χ4v) is 2.79. The standard InChI is InChI=1S/C13H16ClNOS/c1-3-17-8-11(15-2)12-7-9-5-4-6-10(14)13(9)16-12/h4-7,11,15H,3,8H2,1-2H3. The molecule has 0 aliphatic heterocycles. The highest BCUT2D eigenvalue weighted by Crippen LogP contribution is 2.30. The molecule has 92 valence electrons. The van der Waals surface area contributed by atoms with Gasteiger partial charge in [-0.2, -0.15) is 11.8 Å². The summed E-state index contributed by atoms with van der Waals surface area (Å²) in [5.41, 5.74) is 0.783. The molecule has 1 atom stereocenters. The van der Waals surface area contributed by atoms with E-state index in [0.29, 0.717) is 5.02 Å². The number of fused-ring (bicyclic) bond motifs is 1. The first-order valence-electron chi connectivity index (χ1n) is 5.69. The number of benzene rings is 1. The van der Waals surface area contributed by atoms with Crippen molar-refractivity contribution in [2.24, 2.45) is 0 Å². The lowest BCUT2D eigenvalue weighted by atomic mass is 10.2. The van der Waals surface area contributed by atoms with Gasteiger partial charge >= 0.3 is 0 Å². The number of para-hydroxylation sites is 1. The van der Waals surface area contributed by atoms with Crippen LogP contribution in [0.25, 0.3) is 11.0 Å². The van der Waals surface area contributed by atoms with Crippen LogP contribution in [-0.2, 0) is 0 Å². The monoisotopic (exact) mass is 269 g/mol. The summed E-state index contributed by atoms with van der Waals surface area (Å²) in [6.07, 6.45) is 0. The van der Waals surface area contributed by atoms with Gasteiger partial charge in [-0.15, -0.1) is 0 Å². The topological polar surface area (TPSA) is 25.2 Å². The van der Waals surface area contributed by atoms with E-state index in [1.807, 2.05) is 37.0 Å². The maximum atomic E-state index is 6.10. The summed E-state index contributed by atoms with van der Waals surface area (Å²) in [4.78, 5) is 0. The third-order valence-corrected chi connectivity index (χ3v) is 3.97. The van der Waals surface area contributed by atoms with Crippen LogP contribution < -0.4 is 5.32 Å². The Morgan fingerprint density at radius 1 is 1.47 bits per heavy atom. The van der Waals surface area contributed by atoms with E-state index in [9.17, 15) is 0 Å². The minimum absolute atomic E-state index is 0.239. The van der Waals surface area contributed by atoms with Gasteiger partial charge in [-0.1, -0.05) is 30.7 Å². The molecule has 0 amide bonds. The van der Waals surface area contributed by atoms with Crippen molar-refractivity contribution in [3.8, 4) is 0 Å². The maximum absolute atomic E-state index is 6.10. The van der Waals surface area contributed by atoms with E-state index in [4.69, 9.17) is 16.0 Å². The van der Waals surface area contributed by atoms with Crippen LogP contribution in [0.4, 0.5) is 0 Å². The summed E-state index contributed by atoms with van der Waals surface area (Å²) in [6.45, 7) is 2.16. The van der Waals surface area contributed by atoms with Crippen molar-refractivity contribution in [3.05, 3.63) is 35.0 Å². The molecular formula is C13H16ClNOS. The number of halogens is 1. The van der Waals surface area contributed by atoms with Crippen LogP contribution in [-0.4, -0.2) is 18.6 Å². The first-order chi connectivity index (χ1) is 8.26. The molecule has 1 aromatic heterocycles. The number of furan rings is 1. The zero-order valence-corrected chi connectivity index (χ0v) is 11.6. The lowest BCUT2D eigenvalue weighted by molar-refractivity contribution is 0.479. The summed E-state index contributed by atoms with van der Waals surface area (Å²) in [5.74, 6) is 3.07. The predicted molar refractivity (Wildman–Crippen MR) is 76.0 cm³/mol. The number of hydrogen-bond donors (Lipinski definition) is 1. The highest BCUT2D eigenvalue weighted by molar-refractivity contribution is 7.99. The number of rotatable bonds is 5. The smallest absolute Gasteiger partial charge is 0.152 e. The predicted octanol–water partition coefficient (Wildman–Crippen LogP) is 4.10. The number of thioether (sulfide) groups is 1. The first kappa shape index (κ1) is 12.8. The molecule has 2 rings (SSSR count). The molecule has 0 radical (unpaired) electrons. The molecule has 0 saturated carbocycles. The van der Waals surface area contributed by atoms with Crippen molar-refractivity contribution in [2.75, 3.05) is 18.6 Å². The van der Waals surface area contributed by atoms with Crippen molar-refractivity contribution in [3.63, 3.8) is 0 Å². The van der Waals surface area contributed by atoms with Gasteiger partial charge in [0.05, 0.1) is 11.1 Å². The van der Waals surface area contributed by atoms with E-state index in [-0.39, 0.29) is 6.04 Å². The SMILES string of the molecule is CCSCC(NC)c1cc2cccc(Cl)c2o1. The summed E-state index contributed by atoms with van der Waals surface area (Å²) < 4.78 is 5.84. The van der Waals surface area contributed by atoms with Crippen molar-refractivity contribution in [2.45, 2.75) is 13.0 Å². The Kier molecular flexibility index (Phi) is 4.37. The van der Waals surface area contributed by atoms with Gasteiger partial charge in [-0.25, -0.2) is 0 Å². The summed E-state index contributed by atoms with van der Waals surface area (Å²) in [7, 11) is 1.95. The summed E-state index contributed by atoms with van der Waals surface area (Å²) in [6, 6.07) is 8.13. The lowest BCUT2D eigenvalue weighted by Gasteiger charge is -2.11. The molecule has 1 heterocycles. The van der Waals surface area contributed by atoms with Gasteiger partial charge in [-0.3, -0.25) is 0 Å². The second-order valence-electron chi connectivity index (χ2n) is 3.81. The quantitative estimate of drug-likeness (QED) is 0.885. The third-order valence-electron chi connectivity index (χ3n) is 2.70. The van der Waals surface area contributed by atoms with Crippen LogP contribution in [0.3, 0.4) is 0 Å². The maximum Gasteiger partial charge on any atom is 0.152 e.